The van der Waals surface area contributed by atoms with Gasteiger partial charge in [0.2, 0.25) is 5.88 Å². The summed E-state index contributed by atoms with van der Waals surface area (Å²) in [5.74, 6) is -1.37. The van der Waals surface area contributed by atoms with E-state index in [0.717, 1.165) is 0 Å². The molecule has 2 aromatic rings. The monoisotopic (exact) mass is 236 g/mol. The van der Waals surface area contributed by atoms with Crippen LogP contribution < -0.4 is 4.74 Å². The molecule has 0 spiro atoms. The molecule has 0 aliphatic rings. The van der Waals surface area contributed by atoms with Crippen LogP contribution in [0.2, 0.25) is 0 Å². The molecular formula is C11H9FN2O3. The van der Waals surface area contributed by atoms with Gasteiger partial charge in [-0.05, 0) is 18.2 Å². The van der Waals surface area contributed by atoms with E-state index in [1.165, 1.54) is 36.1 Å². The van der Waals surface area contributed by atoms with Gasteiger partial charge in [0.1, 0.15) is 5.82 Å². The van der Waals surface area contributed by atoms with E-state index in [-0.39, 0.29) is 11.6 Å². The predicted molar refractivity (Wildman–Crippen MR) is 57.0 cm³/mol. The number of carboxylic acids is 1. The zero-order valence-corrected chi connectivity index (χ0v) is 8.92. The summed E-state index contributed by atoms with van der Waals surface area (Å²) in [6.07, 6.45) is 0. The highest BCUT2D eigenvalue weighted by Gasteiger charge is 2.14. The van der Waals surface area contributed by atoms with Gasteiger partial charge in [-0.3, -0.25) is 0 Å². The van der Waals surface area contributed by atoms with Crippen LogP contribution in [-0.2, 0) is 0 Å². The lowest BCUT2D eigenvalue weighted by atomic mass is 10.3. The Morgan fingerprint density at radius 1 is 1.47 bits per heavy atom. The number of benzene rings is 1. The second kappa shape index (κ2) is 4.25. The van der Waals surface area contributed by atoms with Crippen LogP contribution in [0.4, 0.5) is 4.39 Å². The highest BCUT2D eigenvalue weighted by Crippen LogP contribution is 2.19. The minimum atomic E-state index is -1.17. The molecule has 1 aromatic carbocycles. The summed E-state index contributed by atoms with van der Waals surface area (Å²) in [6, 6.07) is 6.91. The average molecular weight is 236 g/mol. The lowest BCUT2D eigenvalue weighted by Crippen LogP contribution is -2.02. The van der Waals surface area contributed by atoms with E-state index in [2.05, 4.69) is 5.10 Å². The maximum Gasteiger partial charge on any atom is 0.356 e. The first-order chi connectivity index (χ1) is 8.11. The third-order valence-electron chi connectivity index (χ3n) is 2.16. The van der Waals surface area contributed by atoms with Crippen molar-refractivity contribution in [2.24, 2.45) is 0 Å². The van der Waals surface area contributed by atoms with E-state index in [0.29, 0.717) is 5.69 Å². The molecule has 5 nitrogen and oxygen atoms in total. The SMILES string of the molecule is COc1cc(C(=O)O)nn1-c1cccc(F)c1. The van der Waals surface area contributed by atoms with E-state index in [1.54, 1.807) is 6.07 Å². The molecule has 0 fully saturated rings. The van der Waals surface area contributed by atoms with Gasteiger partial charge in [-0.25, -0.2) is 13.9 Å². The first kappa shape index (κ1) is 11.1. The lowest BCUT2D eigenvalue weighted by molar-refractivity contribution is 0.0690. The molecule has 17 heavy (non-hydrogen) atoms. The van der Waals surface area contributed by atoms with Crippen molar-refractivity contribution in [3.63, 3.8) is 0 Å². The number of hydrogen-bond donors (Lipinski definition) is 1. The number of rotatable bonds is 3. The molecule has 0 unspecified atom stereocenters. The van der Waals surface area contributed by atoms with Crippen molar-refractivity contribution in [3.8, 4) is 11.6 Å². The van der Waals surface area contributed by atoms with Crippen molar-refractivity contribution >= 4 is 5.97 Å². The second-order valence-electron chi connectivity index (χ2n) is 3.27. The molecule has 88 valence electrons. The number of methoxy groups -OCH3 is 1. The van der Waals surface area contributed by atoms with Gasteiger partial charge in [0.05, 0.1) is 12.8 Å². The van der Waals surface area contributed by atoms with E-state index >= 15 is 0 Å². The van der Waals surface area contributed by atoms with Crippen LogP contribution in [0.3, 0.4) is 0 Å². The van der Waals surface area contributed by atoms with Crippen molar-refractivity contribution in [1.29, 1.82) is 0 Å². The van der Waals surface area contributed by atoms with Crippen molar-refractivity contribution in [2.75, 3.05) is 7.11 Å². The molecule has 0 saturated heterocycles. The summed E-state index contributed by atoms with van der Waals surface area (Å²) in [6.45, 7) is 0. The maximum atomic E-state index is 13.1. The molecule has 1 N–H and O–H groups in total. The minimum Gasteiger partial charge on any atom is -0.481 e. The number of carboxylic acid groups (broad SMARTS) is 1. The molecule has 0 aliphatic heterocycles. The largest absolute Gasteiger partial charge is 0.481 e. The number of halogens is 1. The number of ether oxygens (including phenoxy) is 1. The zero-order valence-electron chi connectivity index (χ0n) is 8.92. The fourth-order valence-corrected chi connectivity index (χ4v) is 1.41. The fraction of sp³-hybridized carbons (Fsp3) is 0.0909. The summed E-state index contributed by atoms with van der Waals surface area (Å²) in [4.78, 5) is 10.8. The second-order valence-corrected chi connectivity index (χ2v) is 3.27. The van der Waals surface area contributed by atoms with Crippen LogP contribution in [0, 0.1) is 5.82 Å². The Morgan fingerprint density at radius 2 is 2.24 bits per heavy atom. The number of hydrogen-bond acceptors (Lipinski definition) is 3. The molecule has 0 saturated carbocycles. The van der Waals surface area contributed by atoms with Crippen LogP contribution in [-0.4, -0.2) is 28.0 Å². The Balaban J connectivity index is 2.54. The minimum absolute atomic E-state index is 0.161. The van der Waals surface area contributed by atoms with Crippen LogP contribution in [0.5, 0.6) is 5.88 Å². The molecular weight excluding hydrogens is 227 g/mol. The van der Waals surface area contributed by atoms with Crippen molar-refractivity contribution in [3.05, 3.63) is 41.8 Å². The van der Waals surface area contributed by atoms with Gasteiger partial charge in [-0.15, -0.1) is 0 Å². The molecule has 1 aromatic heterocycles. The first-order valence-electron chi connectivity index (χ1n) is 4.75. The Morgan fingerprint density at radius 3 is 2.82 bits per heavy atom. The quantitative estimate of drug-likeness (QED) is 0.881. The van der Waals surface area contributed by atoms with Gasteiger partial charge in [-0.2, -0.15) is 5.10 Å². The smallest absolute Gasteiger partial charge is 0.356 e. The highest BCUT2D eigenvalue weighted by molar-refractivity contribution is 5.85. The lowest BCUT2D eigenvalue weighted by Gasteiger charge is -2.05. The van der Waals surface area contributed by atoms with E-state index in [1.807, 2.05) is 0 Å². The van der Waals surface area contributed by atoms with Crippen LogP contribution in [0.1, 0.15) is 10.5 Å². The van der Waals surface area contributed by atoms with Gasteiger partial charge < -0.3 is 9.84 Å². The van der Waals surface area contributed by atoms with Crippen LogP contribution in [0.25, 0.3) is 5.69 Å². The third-order valence-corrected chi connectivity index (χ3v) is 2.16. The summed E-state index contributed by atoms with van der Waals surface area (Å²) < 4.78 is 19.3. The predicted octanol–water partition coefficient (Wildman–Crippen LogP) is 1.72. The highest BCUT2D eigenvalue weighted by atomic mass is 19.1. The fourth-order valence-electron chi connectivity index (χ4n) is 1.41. The van der Waals surface area contributed by atoms with Crippen molar-refractivity contribution in [2.45, 2.75) is 0 Å². The zero-order chi connectivity index (χ0) is 12.4. The van der Waals surface area contributed by atoms with E-state index in [9.17, 15) is 9.18 Å². The number of aromatic carboxylic acids is 1. The van der Waals surface area contributed by atoms with Gasteiger partial charge in [0.15, 0.2) is 5.69 Å². The molecule has 0 aliphatic carbocycles. The van der Waals surface area contributed by atoms with Gasteiger partial charge in [0, 0.05) is 6.07 Å². The number of carbonyl (C=O) groups is 1. The van der Waals surface area contributed by atoms with Gasteiger partial charge >= 0.3 is 5.97 Å². The summed E-state index contributed by atoms with van der Waals surface area (Å²) in [7, 11) is 1.39. The average Bonchev–Trinajstić information content (AvgIpc) is 2.73. The van der Waals surface area contributed by atoms with E-state index in [4.69, 9.17) is 9.84 Å². The van der Waals surface area contributed by atoms with Crippen molar-refractivity contribution < 1.29 is 19.0 Å². The Hall–Kier alpha value is -2.37. The molecule has 0 atom stereocenters. The molecule has 1 heterocycles. The van der Waals surface area contributed by atoms with Crippen molar-refractivity contribution in [1.82, 2.24) is 9.78 Å². The topological polar surface area (TPSA) is 64.3 Å². The van der Waals surface area contributed by atoms with Gasteiger partial charge in [-0.1, -0.05) is 6.07 Å². The first-order valence-corrected chi connectivity index (χ1v) is 4.75. The molecule has 0 radical (unpaired) electrons. The van der Waals surface area contributed by atoms with E-state index < -0.39 is 11.8 Å². The Labute approximate surface area is 96.1 Å². The normalized spacial score (nSPS) is 10.2. The standard InChI is InChI=1S/C11H9FN2O3/c1-17-10-6-9(11(15)16)13-14(10)8-4-2-3-7(12)5-8/h2-6H,1H3,(H,15,16). The Kier molecular flexibility index (Phi) is 2.78. The van der Waals surface area contributed by atoms with Crippen LogP contribution >= 0.6 is 0 Å². The molecule has 6 heteroatoms. The van der Waals surface area contributed by atoms with Crippen LogP contribution in [0.15, 0.2) is 30.3 Å². The third kappa shape index (κ3) is 2.10. The number of nitrogens with zero attached hydrogens (tertiary/aromatic N) is 2. The number of aromatic nitrogens is 2. The summed E-state index contributed by atoms with van der Waals surface area (Å²) in [5, 5.41) is 12.6. The Bertz CT molecular complexity index is 566. The van der Waals surface area contributed by atoms with Gasteiger partial charge in [0.25, 0.3) is 0 Å². The summed E-state index contributed by atoms with van der Waals surface area (Å²) >= 11 is 0. The molecule has 0 bridgehead atoms. The molecule has 2 rings (SSSR count). The molecule has 0 amide bonds. The maximum absolute atomic E-state index is 13.1. The summed E-state index contributed by atoms with van der Waals surface area (Å²) in [5.41, 5.74) is 0.237.